The number of methoxy groups -OCH3 is 1. The number of ether oxygens (including phenoxy) is 1. The molecule has 8 heteroatoms. The zero-order valence-electron chi connectivity index (χ0n) is 15.1. The van der Waals surface area contributed by atoms with Gasteiger partial charge < -0.3 is 20.7 Å². The molecule has 0 aliphatic carbocycles. The van der Waals surface area contributed by atoms with Crippen LogP contribution in [0.3, 0.4) is 0 Å². The molecule has 3 rings (SSSR count). The highest BCUT2D eigenvalue weighted by Gasteiger charge is 2.19. The third kappa shape index (κ3) is 3.95. The summed E-state index contributed by atoms with van der Waals surface area (Å²) in [5.74, 6) is 0.557. The number of aromatic nitrogens is 3. The van der Waals surface area contributed by atoms with Gasteiger partial charge in [-0.3, -0.25) is 4.98 Å². The van der Waals surface area contributed by atoms with Gasteiger partial charge in [-0.1, -0.05) is 18.2 Å². The van der Waals surface area contributed by atoms with E-state index in [1.165, 1.54) is 13.4 Å². The van der Waals surface area contributed by atoms with Gasteiger partial charge >= 0.3 is 5.97 Å². The summed E-state index contributed by atoms with van der Waals surface area (Å²) in [6.07, 6.45) is 4.91. The first-order valence-electron chi connectivity index (χ1n) is 8.26. The SMILES string of the molecule is COC(=O)c1ccccc1N(C)c1ncnc(NCc2cccnc2)c1N. The summed E-state index contributed by atoms with van der Waals surface area (Å²) >= 11 is 0. The molecule has 0 saturated heterocycles. The molecular formula is C19H20N6O2. The van der Waals surface area contributed by atoms with Gasteiger partial charge in [-0.25, -0.2) is 14.8 Å². The molecule has 8 nitrogen and oxygen atoms in total. The van der Waals surface area contributed by atoms with E-state index in [9.17, 15) is 4.79 Å². The Kier molecular flexibility index (Phi) is 5.46. The van der Waals surface area contributed by atoms with E-state index in [1.807, 2.05) is 18.2 Å². The Morgan fingerprint density at radius 2 is 2.04 bits per heavy atom. The van der Waals surface area contributed by atoms with Crippen molar-refractivity contribution in [3.8, 4) is 0 Å². The highest BCUT2D eigenvalue weighted by molar-refractivity contribution is 5.97. The van der Waals surface area contributed by atoms with E-state index in [4.69, 9.17) is 10.5 Å². The van der Waals surface area contributed by atoms with Gasteiger partial charge in [-0.15, -0.1) is 0 Å². The zero-order chi connectivity index (χ0) is 19.2. The molecule has 0 aliphatic heterocycles. The largest absolute Gasteiger partial charge is 0.465 e. The van der Waals surface area contributed by atoms with Crippen LogP contribution >= 0.6 is 0 Å². The van der Waals surface area contributed by atoms with E-state index in [0.717, 1.165) is 5.56 Å². The van der Waals surface area contributed by atoms with Crippen LogP contribution in [-0.2, 0) is 11.3 Å². The number of pyridine rings is 1. The van der Waals surface area contributed by atoms with Crippen LogP contribution in [0.4, 0.5) is 23.0 Å². The first-order chi connectivity index (χ1) is 13.1. The number of nitrogen functional groups attached to an aromatic ring is 1. The zero-order valence-corrected chi connectivity index (χ0v) is 15.1. The molecule has 27 heavy (non-hydrogen) atoms. The number of anilines is 4. The minimum absolute atomic E-state index is 0.378. The lowest BCUT2D eigenvalue weighted by atomic mass is 10.1. The number of nitrogens with two attached hydrogens (primary N) is 1. The molecule has 2 aromatic heterocycles. The van der Waals surface area contributed by atoms with Crippen molar-refractivity contribution >= 4 is 29.0 Å². The molecule has 3 N–H and O–H groups in total. The fraction of sp³-hybridized carbons (Fsp3) is 0.158. The maximum Gasteiger partial charge on any atom is 0.339 e. The van der Waals surface area contributed by atoms with E-state index in [0.29, 0.717) is 35.1 Å². The Morgan fingerprint density at radius 1 is 1.22 bits per heavy atom. The predicted molar refractivity (Wildman–Crippen MR) is 104 cm³/mol. The van der Waals surface area contributed by atoms with E-state index in [-0.39, 0.29) is 0 Å². The van der Waals surface area contributed by atoms with Crippen molar-refractivity contribution in [1.29, 1.82) is 0 Å². The Hall–Kier alpha value is -3.68. The van der Waals surface area contributed by atoms with Gasteiger partial charge in [0.05, 0.1) is 18.4 Å². The van der Waals surface area contributed by atoms with E-state index < -0.39 is 5.97 Å². The highest BCUT2D eigenvalue weighted by Crippen LogP contribution is 2.32. The normalized spacial score (nSPS) is 10.3. The van der Waals surface area contributed by atoms with Crippen LogP contribution in [-0.4, -0.2) is 35.1 Å². The summed E-state index contributed by atoms with van der Waals surface area (Å²) in [5, 5.41) is 3.19. The van der Waals surface area contributed by atoms with Crippen molar-refractivity contribution in [3.05, 3.63) is 66.2 Å². The Labute approximate surface area is 157 Å². The lowest BCUT2D eigenvalue weighted by Gasteiger charge is -2.23. The van der Waals surface area contributed by atoms with Gasteiger partial charge in [0.1, 0.15) is 12.0 Å². The standard InChI is InChI=1S/C19H20N6O2/c1-25(15-8-4-3-7-14(15)19(26)27-2)18-16(20)17(23-12-24-18)22-11-13-6-5-9-21-10-13/h3-10,12H,11,20H2,1-2H3,(H,22,23,24). The summed E-state index contributed by atoms with van der Waals surface area (Å²) in [7, 11) is 3.13. The summed E-state index contributed by atoms with van der Waals surface area (Å²) in [4.78, 5) is 26.4. The summed E-state index contributed by atoms with van der Waals surface area (Å²) in [6.45, 7) is 0.525. The van der Waals surface area contributed by atoms with E-state index in [2.05, 4.69) is 20.3 Å². The molecule has 1 aromatic carbocycles. The van der Waals surface area contributed by atoms with Gasteiger partial charge in [0.2, 0.25) is 0 Å². The maximum absolute atomic E-state index is 12.1. The second-order valence-corrected chi connectivity index (χ2v) is 5.74. The quantitative estimate of drug-likeness (QED) is 0.643. The number of rotatable bonds is 6. The molecule has 0 atom stereocenters. The van der Waals surface area contributed by atoms with Crippen molar-refractivity contribution in [2.75, 3.05) is 30.1 Å². The van der Waals surface area contributed by atoms with Gasteiger partial charge in [-0.2, -0.15) is 0 Å². The second-order valence-electron chi connectivity index (χ2n) is 5.74. The second kappa shape index (κ2) is 8.13. The maximum atomic E-state index is 12.1. The van der Waals surface area contributed by atoms with Crippen LogP contribution in [0.5, 0.6) is 0 Å². The molecular weight excluding hydrogens is 344 g/mol. The topological polar surface area (TPSA) is 106 Å². The van der Waals surface area contributed by atoms with Gasteiger partial charge in [0.15, 0.2) is 11.6 Å². The van der Waals surface area contributed by atoms with Gasteiger partial charge in [0.25, 0.3) is 0 Å². The summed E-state index contributed by atoms with van der Waals surface area (Å²) in [6, 6.07) is 10.9. The smallest absolute Gasteiger partial charge is 0.339 e. The predicted octanol–water partition coefficient (Wildman–Crippen LogP) is 2.62. The molecule has 2 heterocycles. The van der Waals surface area contributed by atoms with Crippen LogP contribution in [0.2, 0.25) is 0 Å². The number of carbonyl (C=O) groups excluding carboxylic acids is 1. The Morgan fingerprint density at radius 3 is 2.78 bits per heavy atom. The summed E-state index contributed by atoms with van der Waals surface area (Å²) in [5.41, 5.74) is 8.72. The van der Waals surface area contributed by atoms with Crippen molar-refractivity contribution in [1.82, 2.24) is 15.0 Å². The molecule has 3 aromatic rings. The minimum atomic E-state index is -0.431. The Balaban J connectivity index is 1.88. The molecule has 0 unspecified atom stereocenters. The van der Waals surface area contributed by atoms with Gasteiger partial charge in [0, 0.05) is 26.0 Å². The number of carbonyl (C=O) groups is 1. The van der Waals surface area contributed by atoms with Crippen LogP contribution in [0, 0.1) is 0 Å². The monoisotopic (exact) mass is 364 g/mol. The average Bonchev–Trinajstić information content (AvgIpc) is 2.72. The summed E-state index contributed by atoms with van der Waals surface area (Å²) < 4.78 is 4.86. The lowest BCUT2D eigenvalue weighted by molar-refractivity contribution is 0.0601. The molecule has 0 spiro atoms. The number of para-hydroxylation sites is 1. The lowest BCUT2D eigenvalue weighted by Crippen LogP contribution is -2.18. The number of nitrogens with one attached hydrogen (secondary N) is 1. The van der Waals surface area contributed by atoms with E-state index >= 15 is 0 Å². The van der Waals surface area contributed by atoms with Crippen LogP contribution in [0.25, 0.3) is 0 Å². The van der Waals surface area contributed by atoms with Crippen LogP contribution in [0.1, 0.15) is 15.9 Å². The number of esters is 1. The van der Waals surface area contributed by atoms with Gasteiger partial charge in [-0.05, 0) is 23.8 Å². The van der Waals surface area contributed by atoms with Crippen LogP contribution in [0.15, 0.2) is 55.1 Å². The fourth-order valence-corrected chi connectivity index (χ4v) is 2.65. The van der Waals surface area contributed by atoms with E-state index in [1.54, 1.807) is 42.5 Å². The third-order valence-corrected chi connectivity index (χ3v) is 4.03. The number of nitrogens with zero attached hydrogens (tertiary/aromatic N) is 4. The van der Waals surface area contributed by atoms with Crippen molar-refractivity contribution < 1.29 is 9.53 Å². The molecule has 138 valence electrons. The number of benzene rings is 1. The van der Waals surface area contributed by atoms with Crippen molar-refractivity contribution in [2.24, 2.45) is 0 Å². The molecule has 0 amide bonds. The fourth-order valence-electron chi connectivity index (χ4n) is 2.65. The number of hydrogen-bond donors (Lipinski definition) is 2. The molecule has 0 radical (unpaired) electrons. The molecule has 0 aliphatic rings. The highest BCUT2D eigenvalue weighted by atomic mass is 16.5. The minimum Gasteiger partial charge on any atom is -0.465 e. The first-order valence-corrected chi connectivity index (χ1v) is 8.26. The first kappa shape index (κ1) is 18.1. The third-order valence-electron chi connectivity index (χ3n) is 4.03. The average molecular weight is 364 g/mol. The van der Waals surface area contributed by atoms with Crippen LogP contribution < -0.4 is 16.0 Å². The van der Waals surface area contributed by atoms with Crippen molar-refractivity contribution in [3.63, 3.8) is 0 Å². The molecule has 0 saturated carbocycles. The molecule has 0 bridgehead atoms. The number of hydrogen-bond acceptors (Lipinski definition) is 8. The van der Waals surface area contributed by atoms with Crippen molar-refractivity contribution in [2.45, 2.75) is 6.54 Å². The Bertz CT molecular complexity index is 932. The molecule has 0 fully saturated rings.